The minimum absolute atomic E-state index is 0.0259. The Balaban J connectivity index is 1.93. The third kappa shape index (κ3) is 3.66. The van der Waals surface area contributed by atoms with E-state index in [2.05, 4.69) is 15.3 Å². The number of aromatic amines is 2. The van der Waals surface area contributed by atoms with Crippen LogP contribution in [0.15, 0.2) is 46.2 Å². The van der Waals surface area contributed by atoms with Crippen LogP contribution >= 0.6 is 0 Å². The van der Waals surface area contributed by atoms with E-state index in [4.69, 9.17) is 5.73 Å². The van der Waals surface area contributed by atoms with E-state index in [0.29, 0.717) is 5.56 Å². The van der Waals surface area contributed by atoms with E-state index in [1.807, 2.05) is 4.98 Å². The fraction of sp³-hybridized carbons (Fsp3) is 0.125. The van der Waals surface area contributed by atoms with Gasteiger partial charge >= 0.3 is 11.7 Å². The van der Waals surface area contributed by atoms with Crippen molar-refractivity contribution < 1.29 is 14.4 Å². The molecule has 2 heterocycles. The molecule has 1 atom stereocenters. The van der Waals surface area contributed by atoms with Gasteiger partial charge in [0.1, 0.15) is 12.4 Å². The van der Waals surface area contributed by atoms with Gasteiger partial charge in [0.2, 0.25) is 5.78 Å². The Morgan fingerprint density at radius 2 is 1.85 bits per heavy atom. The molecule has 3 rings (SSSR count). The molecule has 1 unspecified atom stereocenters. The third-order valence-corrected chi connectivity index (χ3v) is 3.80. The van der Waals surface area contributed by atoms with E-state index in [1.54, 1.807) is 30.3 Å². The molecule has 0 saturated heterocycles. The zero-order valence-electron chi connectivity index (χ0n) is 13.8. The summed E-state index contributed by atoms with van der Waals surface area (Å²) in [6, 6.07) is 6.59. The third-order valence-electron chi connectivity index (χ3n) is 3.80. The van der Waals surface area contributed by atoms with Crippen molar-refractivity contribution in [1.29, 1.82) is 0 Å². The minimum atomic E-state index is -1.23. The second-order valence-corrected chi connectivity index (χ2v) is 5.64. The molecule has 5 N–H and O–H groups in total. The summed E-state index contributed by atoms with van der Waals surface area (Å²) in [6.45, 7) is 0. The Morgan fingerprint density at radius 3 is 2.52 bits per heavy atom. The Labute approximate surface area is 150 Å². The molecule has 0 spiro atoms. The topological polar surface area (TPSA) is 173 Å². The van der Waals surface area contributed by atoms with Crippen molar-refractivity contribution in [1.82, 2.24) is 24.8 Å². The SMILES string of the molecule is NC(=O)C(=O)C(Cc1ccccc1)NC(=O)n1cnc2c(=O)[nH]c(=O)[nH]c21. The molecule has 11 heteroatoms. The zero-order valence-corrected chi connectivity index (χ0v) is 13.8. The molecule has 2 aromatic heterocycles. The Hall–Kier alpha value is -4.02. The monoisotopic (exact) mass is 370 g/mol. The molecule has 0 fully saturated rings. The van der Waals surface area contributed by atoms with Crippen LogP contribution in [0.5, 0.6) is 0 Å². The number of nitrogens with two attached hydrogens (primary N) is 1. The van der Waals surface area contributed by atoms with Gasteiger partial charge in [0, 0.05) is 6.42 Å². The molecule has 0 aliphatic rings. The molecule has 0 aliphatic carbocycles. The van der Waals surface area contributed by atoms with Crippen LogP contribution < -0.4 is 22.3 Å². The van der Waals surface area contributed by atoms with Gasteiger partial charge in [-0.2, -0.15) is 0 Å². The fourth-order valence-electron chi connectivity index (χ4n) is 2.54. The molecule has 27 heavy (non-hydrogen) atoms. The number of rotatable bonds is 5. The predicted molar refractivity (Wildman–Crippen MR) is 93.0 cm³/mol. The Bertz CT molecular complexity index is 1140. The summed E-state index contributed by atoms with van der Waals surface area (Å²) in [7, 11) is 0. The van der Waals surface area contributed by atoms with Crippen molar-refractivity contribution in [3.63, 3.8) is 0 Å². The lowest BCUT2D eigenvalue weighted by Gasteiger charge is -2.16. The number of carbonyl (C=O) groups is 3. The molecular weight excluding hydrogens is 356 g/mol. The number of imidazole rings is 1. The number of Topliss-reactive ketones (excluding diaryl/α,β-unsaturated/α-hetero) is 1. The number of hydrogen-bond donors (Lipinski definition) is 4. The van der Waals surface area contributed by atoms with Crippen molar-refractivity contribution in [2.24, 2.45) is 5.73 Å². The summed E-state index contributed by atoms with van der Waals surface area (Å²) in [5.74, 6) is -2.18. The molecule has 0 bridgehead atoms. The molecule has 0 radical (unpaired) electrons. The smallest absolute Gasteiger partial charge is 0.329 e. The van der Waals surface area contributed by atoms with Gasteiger partial charge < -0.3 is 11.1 Å². The van der Waals surface area contributed by atoms with Crippen LogP contribution in [-0.2, 0) is 16.0 Å². The van der Waals surface area contributed by atoms with Gasteiger partial charge in [0.15, 0.2) is 11.2 Å². The van der Waals surface area contributed by atoms with Gasteiger partial charge in [-0.3, -0.25) is 24.4 Å². The number of carbonyl (C=O) groups excluding carboxylic acids is 3. The van der Waals surface area contributed by atoms with Crippen molar-refractivity contribution in [3.8, 4) is 0 Å². The molecule has 138 valence electrons. The van der Waals surface area contributed by atoms with E-state index in [0.717, 1.165) is 10.9 Å². The molecule has 0 aliphatic heterocycles. The van der Waals surface area contributed by atoms with E-state index in [1.165, 1.54) is 0 Å². The van der Waals surface area contributed by atoms with Gasteiger partial charge in [0.05, 0.1) is 0 Å². The van der Waals surface area contributed by atoms with Crippen molar-refractivity contribution in [3.05, 3.63) is 63.1 Å². The number of aromatic nitrogens is 4. The maximum atomic E-state index is 12.5. The van der Waals surface area contributed by atoms with Gasteiger partial charge in [-0.25, -0.2) is 19.1 Å². The second-order valence-electron chi connectivity index (χ2n) is 5.64. The lowest BCUT2D eigenvalue weighted by atomic mass is 10.0. The first kappa shape index (κ1) is 17.8. The average Bonchev–Trinajstić information content (AvgIpc) is 3.05. The minimum Gasteiger partial charge on any atom is -0.363 e. The van der Waals surface area contributed by atoms with E-state index in [9.17, 15) is 24.0 Å². The quantitative estimate of drug-likeness (QED) is 0.403. The number of nitrogens with zero attached hydrogens (tertiary/aromatic N) is 2. The van der Waals surface area contributed by atoms with Crippen LogP contribution in [0.4, 0.5) is 4.79 Å². The predicted octanol–water partition coefficient (Wildman–Crippen LogP) is -1.36. The van der Waals surface area contributed by atoms with Crippen LogP contribution in [0.1, 0.15) is 5.56 Å². The summed E-state index contributed by atoms with van der Waals surface area (Å²) < 4.78 is 0.859. The number of hydrogen-bond acceptors (Lipinski definition) is 6. The standard InChI is InChI=1S/C16H14N6O5/c17-12(24)11(23)9(6-8-4-2-1-3-5-8)19-16(27)22-7-18-10-13(22)20-15(26)21-14(10)25/h1-5,7,9H,6H2,(H2,17,24)(H,19,27)(H2,20,21,25,26). The molecule has 2 amide bonds. The summed E-state index contributed by atoms with van der Waals surface area (Å²) in [5.41, 5.74) is 3.86. The lowest BCUT2D eigenvalue weighted by molar-refractivity contribution is -0.137. The highest BCUT2D eigenvalue weighted by Crippen LogP contribution is 2.07. The number of H-pyrrole nitrogens is 2. The highest BCUT2D eigenvalue weighted by molar-refractivity contribution is 6.37. The average molecular weight is 370 g/mol. The zero-order chi connectivity index (χ0) is 19.6. The number of benzene rings is 1. The maximum Gasteiger partial charge on any atom is 0.329 e. The second kappa shape index (κ2) is 7.07. The van der Waals surface area contributed by atoms with Gasteiger partial charge in [-0.1, -0.05) is 30.3 Å². The van der Waals surface area contributed by atoms with Gasteiger partial charge in [-0.05, 0) is 5.56 Å². The van der Waals surface area contributed by atoms with E-state index >= 15 is 0 Å². The first-order valence-corrected chi connectivity index (χ1v) is 7.75. The van der Waals surface area contributed by atoms with E-state index < -0.39 is 35.0 Å². The van der Waals surface area contributed by atoms with Crippen molar-refractivity contribution in [2.45, 2.75) is 12.5 Å². The molecular formula is C16H14N6O5. The Kier molecular flexibility index (Phi) is 4.66. The largest absolute Gasteiger partial charge is 0.363 e. The number of nitrogens with one attached hydrogen (secondary N) is 3. The Morgan fingerprint density at radius 1 is 1.15 bits per heavy atom. The number of ketones is 1. The van der Waals surface area contributed by atoms with Gasteiger partial charge in [0.25, 0.3) is 11.5 Å². The summed E-state index contributed by atoms with van der Waals surface area (Å²) in [4.78, 5) is 67.1. The summed E-state index contributed by atoms with van der Waals surface area (Å²) in [5, 5.41) is 2.38. The number of fused-ring (bicyclic) bond motifs is 1. The van der Waals surface area contributed by atoms with Crippen LogP contribution in [0.25, 0.3) is 11.2 Å². The number of amides is 2. The summed E-state index contributed by atoms with van der Waals surface area (Å²) >= 11 is 0. The van der Waals surface area contributed by atoms with Crippen LogP contribution in [0.2, 0.25) is 0 Å². The van der Waals surface area contributed by atoms with Crippen LogP contribution in [-0.4, -0.2) is 43.3 Å². The van der Waals surface area contributed by atoms with Crippen molar-refractivity contribution >= 4 is 28.9 Å². The maximum absolute atomic E-state index is 12.5. The highest BCUT2D eigenvalue weighted by atomic mass is 16.2. The molecule has 1 aromatic carbocycles. The van der Waals surface area contributed by atoms with Gasteiger partial charge in [-0.15, -0.1) is 0 Å². The molecule has 11 nitrogen and oxygen atoms in total. The first-order chi connectivity index (χ1) is 12.9. The molecule has 3 aromatic rings. The van der Waals surface area contributed by atoms with Crippen molar-refractivity contribution in [2.75, 3.05) is 0 Å². The number of primary amides is 1. The molecule has 0 saturated carbocycles. The highest BCUT2D eigenvalue weighted by Gasteiger charge is 2.26. The lowest BCUT2D eigenvalue weighted by Crippen LogP contribution is -2.48. The van der Waals surface area contributed by atoms with Crippen LogP contribution in [0, 0.1) is 0 Å². The van der Waals surface area contributed by atoms with Crippen LogP contribution in [0.3, 0.4) is 0 Å². The normalized spacial score (nSPS) is 11.9. The summed E-state index contributed by atoms with van der Waals surface area (Å²) in [6.07, 6.45) is 1.04. The fourth-order valence-corrected chi connectivity index (χ4v) is 2.54. The first-order valence-electron chi connectivity index (χ1n) is 7.75. The van der Waals surface area contributed by atoms with E-state index in [-0.39, 0.29) is 17.6 Å².